The second-order valence-electron chi connectivity index (χ2n) is 4.85. The lowest BCUT2D eigenvalue weighted by molar-refractivity contribution is 0.0945. The zero-order chi connectivity index (χ0) is 16.8. The third kappa shape index (κ3) is 3.95. The number of halogens is 1. The van der Waals surface area contributed by atoms with E-state index in [1.165, 1.54) is 18.4 Å². The summed E-state index contributed by atoms with van der Waals surface area (Å²) >= 11 is 0. The van der Waals surface area contributed by atoms with Crippen LogP contribution in [-0.4, -0.2) is 15.9 Å². The number of nitrogens with zero attached hydrogens (tertiary/aromatic N) is 2. The molecule has 0 radical (unpaired) electrons. The van der Waals surface area contributed by atoms with E-state index in [1.54, 1.807) is 30.5 Å². The van der Waals surface area contributed by atoms with Gasteiger partial charge in [-0.3, -0.25) is 9.78 Å². The van der Waals surface area contributed by atoms with Gasteiger partial charge in [0.25, 0.3) is 5.91 Å². The van der Waals surface area contributed by atoms with Crippen LogP contribution in [0.3, 0.4) is 0 Å². The SMILES string of the molecule is O=C(NCc1ccccn1)c1coc(COc2ccccc2F)n1. The van der Waals surface area contributed by atoms with Gasteiger partial charge in [-0.2, -0.15) is 0 Å². The van der Waals surface area contributed by atoms with Crippen LogP contribution in [0.4, 0.5) is 4.39 Å². The summed E-state index contributed by atoms with van der Waals surface area (Å²) in [5, 5.41) is 2.69. The minimum Gasteiger partial charge on any atom is -0.481 e. The maximum absolute atomic E-state index is 13.4. The normalized spacial score (nSPS) is 10.4. The Morgan fingerprint density at radius 3 is 2.83 bits per heavy atom. The van der Waals surface area contributed by atoms with Crippen LogP contribution in [0.25, 0.3) is 0 Å². The monoisotopic (exact) mass is 327 g/mol. The Bertz CT molecular complexity index is 821. The van der Waals surface area contributed by atoms with Crippen molar-refractivity contribution in [1.29, 1.82) is 0 Å². The molecule has 2 aromatic heterocycles. The Balaban J connectivity index is 1.55. The highest BCUT2D eigenvalue weighted by atomic mass is 19.1. The molecule has 0 aliphatic rings. The van der Waals surface area contributed by atoms with Crippen LogP contribution >= 0.6 is 0 Å². The largest absolute Gasteiger partial charge is 0.481 e. The van der Waals surface area contributed by atoms with Crippen molar-refractivity contribution in [2.24, 2.45) is 0 Å². The Morgan fingerprint density at radius 2 is 2.04 bits per heavy atom. The number of hydrogen-bond donors (Lipinski definition) is 1. The predicted octanol–water partition coefficient (Wildman–Crippen LogP) is 2.72. The lowest BCUT2D eigenvalue weighted by Gasteiger charge is -2.03. The highest BCUT2D eigenvalue weighted by Gasteiger charge is 2.13. The highest BCUT2D eigenvalue weighted by Crippen LogP contribution is 2.17. The first kappa shape index (κ1) is 15.7. The molecule has 0 spiro atoms. The van der Waals surface area contributed by atoms with Gasteiger partial charge in [0.15, 0.2) is 23.9 Å². The van der Waals surface area contributed by atoms with Crippen LogP contribution < -0.4 is 10.1 Å². The van der Waals surface area contributed by atoms with E-state index in [2.05, 4.69) is 15.3 Å². The predicted molar refractivity (Wildman–Crippen MR) is 82.6 cm³/mol. The number of rotatable bonds is 6. The second-order valence-corrected chi connectivity index (χ2v) is 4.85. The van der Waals surface area contributed by atoms with E-state index >= 15 is 0 Å². The number of nitrogens with one attached hydrogen (secondary N) is 1. The van der Waals surface area contributed by atoms with Crippen molar-refractivity contribution < 1.29 is 18.3 Å². The van der Waals surface area contributed by atoms with Crippen molar-refractivity contribution >= 4 is 5.91 Å². The molecule has 0 unspecified atom stereocenters. The van der Waals surface area contributed by atoms with Crippen LogP contribution in [0, 0.1) is 5.82 Å². The standard InChI is InChI=1S/C17H14FN3O3/c18-13-6-1-2-7-15(13)23-11-16-21-14(10-24-16)17(22)20-9-12-5-3-4-8-19-12/h1-8,10H,9,11H2,(H,20,22). The van der Waals surface area contributed by atoms with Crippen molar-refractivity contribution in [2.45, 2.75) is 13.2 Å². The lowest BCUT2D eigenvalue weighted by Crippen LogP contribution is -2.23. The van der Waals surface area contributed by atoms with Crippen molar-refractivity contribution in [1.82, 2.24) is 15.3 Å². The van der Waals surface area contributed by atoms with Gasteiger partial charge in [-0.1, -0.05) is 18.2 Å². The van der Waals surface area contributed by atoms with Gasteiger partial charge < -0.3 is 14.5 Å². The van der Waals surface area contributed by atoms with Gasteiger partial charge in [-0.25, -0.2) is 9.37 Å². The highest BCUT2D eigenvalue weighted by molar-refractivity contribution is 5.91. The lowest BCUT2D eigenvalue weighted by atomic mass is 10.3. The first-order valence-electron chi connectivity index (χ1n) is 7.22. The van der Waals surface area contributed by atoms with Crippen LogP contribution in [0.1, 0.15) is 22.1 Å². The molecule has 0 bridgehead atoms. The van der Waals surface area contributed by atoms with E-state index in [0.717, 1.165) is 5.69 Å². The summed E-state index contributed by atoms with van der Waals surface area (Å²) < 4.78 is 23.9. The molecule has 122 valence electrons. The molecule has 0 atom stereocenters. The molecule has 3 rings (SSSR count). The second kappa shape index (κ2) is 7.36. The molecule has 1 amide bonds. The minimum absolute atomic E-state index is 0.0749. The minimum atomic E-state index is -0.475. The summed E-state index contributed by atoms with van der Waals surface area (Å²) in [7, 11) is 0. The number of benzene rings is 1. The number of hydrogen-bond acceptors (Lipinski definition) is 5. The van der Waals surface area contributed by atoms with Crippen molar-refractivity contribution in [3.63, 3.8) is 0 Å². The molecule has 0 saturated carbocycles. The van der Waals surface area contributed by atoms with E-state index in [0.29, 0.717) is 0 Å². The number of aromatic nitrogens is 2. The number of amides is 1. The van der Waals surface area contributed by atoms with Crippen molar-refractivity contribution in [3.8, 4) is 5.75 Å². The average Bonchev–Trinajstić information content (AvgIpc) is 3.09. The number of carbonyl (C=O) groups excluding carboxylic acids is 1. The average molecular weight is 327 g/mol. The van der Waals surface area contributed by atoms with E-state index in [4.69, 9.17) is 9.15 Å². The third-order valence-corrected chi connectivity index (χ3v) is 3.13. The van der Waals surface area contributed by atoms with Gasteiger partial charge >= 0.3 is 0 Å². The summed E-state index contributed by atoms with van der Waals surface area (Å²) in [5.41, 5.74) is 0.857. The van der Waals surface area contributed by atoms with Crippen LogP contribution in [0.5, 0.6) is 5.75 Å². The Hall–Kier alpha value is -3.22. The zero-order valence-corrected chi connectivity index (χ0v) is 12.6. The molecular formula is C17H14FN3O3. The quantitative estimate of drug-likeness (QED) is 0.753. The summed E-state index contributed by atoms with van der Waals surface area (Å²) in [6.45, 7) is 0.210. The number of carbonyl (C=O) groups is 1. The summed E-state index contributed by atoms with van der Waals surface area (Å²) in [4.78, 5) is 20.1. The van der Waals surface area contributed by atoms with Gasteiger partial charge in [-0.05, 0) is 24.3 Å². The van der Waals surface area contributed by atoms with Gasteiger partial charge in [0.2, 0.25) is 5.89 Å². The smallest absolute Gasteiger partial charge is 0.273 e. The first-order valence-corrected chi connectivity index (χ1v) is 7.22. The molecule has 3 aromatic rings. The molecule has 7 heteroatoms. The molecular weight excluding hydrogens is 313 g/mol. The van der Waals surface area contributed by atoms with Crippen LogP contribution in [0.2, 0.25) is 0 Å². The maximum atomic E-state index is 13.4. The molecule has 0 aliphatic carbocycles. The fraction of sp³-hybridized carbons (Fsp3) is 0.118. The molecule has 2 heterocycles. The van der Waals surface area contributed by atoms with Gasteiger partial charge in [0.05, 0.1) is 12.2 Å². The molecule has 1 aromatic carbocycles. The van der Waals surface area contributed by atoms with E-state index < -0.39 is 5.82 Å². The molecule has 0 saturated heterocycles. The summed E-state index contributed by atoms with van der Waals surface area (Å²) in [5.74, 6) is -0.586. The topological polar surface area (TPSA) is 77.2 Å². The molecule has 6 nitrogen and oxygen atoms in total. The maximum Gasteiger partial charge on any atom is 0.273 e. The van der Waals surface area contributed by atoms with Crippen molar-refractivity contribution in [3.05, 3.63) is 78.0 Å². The fourth-order valence-electron chi connectivity index (χ4n) is 1.95. The van der Waals surface area contributed by atoms with E-state index in [9.17, 15) is 9.18 Å². The summed E-state index contributed by atoms with van der Waals surface area (Å²) in [6.07, 6.45) is 2.88. The molecule has 0 aliphatic heterocycles. The molecule has 1 N–H and O–H groups in total. The number of para-hydroxylation sites is 1. The Labute approximate surface area is 137 Å². The molecule has 24 heavy (non-hydrogen) atoms. The van der Waals surface area contributed by atoms with E-state index in [-0.39, 0.29) is 36.4 Å². The van der Waals surface area contributed by atoms with Gasteiger partial charge in [0, 0.05) is 6.20 Å². The Kier molecular flexibility index (Phi) is 4.81. The van der Waals surface area contributed by atoms with Gasteiger partial charge in [-0.15, -0.1) is 0 Å². The van der Waals surface area contributed by atoms with Crippen LogP contribution in [0.15, 0.2) is 59.3 Å². The third-order valence-electron chi connectivity index (χ3n) is 3.13. The summed E-state index contributed by atoms with van der Waals surface area (Å²) in [6, 6.07) is 11.5. The Morgan fingerprint density at radius 1 is 1.21 bits per heavy atom. The number of oxazole rings is 1. The van der Waals surface area contributed by atoms with E-state index in [1.807, 2.05) is 6.07 Å². The van der Waals surface area contributed by atoms with Gasteiger partial charge in [0.1, 0.15) is 6.26 Å². The van der Waals surface area contributed by atoms with Crippen molar-refractivity contribution in [2.75, 3.05) is 0 Å². The zero-order valence-electron chi connectivity index (χ0n) is 12.6. The number of pyridine rings is 1. The molecule has 0 fully saturated rings. The number of ether oxygens (including phenoxy) is 1. The first-order chi connectivity index (χ1) is 11.7. The fourth-order valence-corrected chi connectivity index (χ4v) is 1.95. The van der Waals surface area contributed by atoms with Crippen LogP contribution in [-0.2, 0) is 13.2 Å².